The molecular formula is C46H36. The van der Waals surface area contributed by atoms with Crippen molar-refractivity contribution in [1.82, 2.24) is 0 Å². The van der Waals surface area contributed by atoms with Gasteiger partial charge in [-0.15, -0.1) is 0 Å². The predicted molar refractivity (Wildman–Crippen MR) is 193 cm³/mol. The normalized spacial score (nSPS) is 25.5. The Kier molecular flexibility index (Phi) is 5.10. The Morgan fingerprint density at radius 3 is 1.54 bits per heavy atom. The van der Waals surface area contributed by atoms with E-state index >= 15 is 0 Å². The molecule has 0 N–H and O–H groups in total. The zero-order valence-electron chi connectivity index (χ0n) is 26.0. The van der Waals surface area contributed by atoms with Crippen LogP contribution in [0, 0.1) is 23.7 Å². The molecule has 0 nitrogen and oxygen atoms in total. The summed E-state index contributed by atoms with van der Waals surface area (Å²) in [6, 6.07) is 51.0. The first-order chi connectivity index (χ1) is 22.8. The summed E-state index contributed by atoms with van der Waals surface area (Å²) in [5, 5.41) is 8.11. The quantitative estimate of drug-likeness (QED) is 0.176. The summed E-state index contributed by atoms with van der Waals surface area (Å²) in [6.07, 6.45) is 7.14. The lowest BCUT2D eigenvalue weighted by molar-refractivity contribution is -0.0399. The minimum atomic E-state index is 0.169. The number of rotatable bonds is 2. The summed E-state index contributed by atoms with van der Waals surface area (Å²) < 4.78 is 0. The van der Waals surface area contributed by atoms with E-state index < -0.39 is 0 Å². The van der Waals surface area contributed by atoms with Gasteiger partial charge in [0.25, 0.3) is 0 Å². The summed E-state index contributed by atoms with van der Waals surface area (Å²) in [4.78, 5) is 0. The Morgan fingerprint density at radius 1 is 0.391 bits per heavy atom. The third-order valence-corrected chi connectivity index (χ3v) is 12.8. The van der Waals surface area contributed by atoms with Crippen molar-refractivity contribution in [1.29, 1.82) is 0 Å². The van der Waals surface area contributed by atoms with Crippen LogP contribution in [0.1, 0.15) is 43.2 Å². The molecule has 7 aromatic carbocycles. The van der Waals surface area contributed by atoms with E-state index in [1.165, 1.54) is 97.8 Å². The predicted octanol–water partition coefficient (Wildman–Crippen LogP) is 12.2. The molecule has 5 aliphatic rings. The molecule has 0 atom stereocenters. The molecule has 12 rings (SSSR count). The fourth-order valence-electron chi connectivity index (χ4n) is 11.5. The van der Waals surface area contributed by atoms with E-state index in [1.54, 1.807) is 11.1 Å². The van der Waals surface area contributed by atoms with E-state index in [2.05, 4.69) is 133 Å². The molecule has 1 spiro atoms. The molecule has 0 amide bonds. The minimum Gasteiger partial charge on any atom is -0.0622 e. The molecule has 4 bridgehead atoms. The van der Waals surface area contributed by atoms with Crippen LogP contribution in [0.2, 0.25) is 0 Å². The van der Waals surface area contributed by atoms with Crippen molar-refractivity contribution in [3.63, 3.8) is 0 Å². The van der Waals surface area contributed by atoms with Gasteiger partial charge in [-0.25, -0.2) is 0 Å². The summed E-state index contributed by atoms with van der Waals surface area (Å²) in [7, 11) is 0. The summed E-state index contributed by atoms with van der Waals surface area (Å²) in [5.74, 6) is 3.42. The molecule has 7 aromatic rings. The molecule has 46 heavy (non-hydrogen) atoms. The third kappa shape index (κ3) is 3.20. The first kappa shape index (κ1) is 25.5. The zero-order valence-corrected chi connectivity index (χ0v) is 26.0. The van der Waals surface area contributed by atoms with Crippen LogP contribution in [0.5, 0.6) is 0 Å². The lowest BCUT2D eigenvalue weighted by Gasteiger charge is -2.61. The molecule has 5 aliphatic carbocycles. The monoisotopic (exact) mass is 588 g/mol. The van der Waals surface area contributed by atoms with Crippen LogP contribution >= 0.6 is 0 Å². The second-order valence-corrected chi connectivity index (χ2v) is 14.9. The average molecular weight is 589 g/mol. The molecule has 4 fully saturated rings. The molecular weight excluding hydrogens is 553 g/mol. The number of hydrogen-bond donors (Lipinski definition) is 0. The second kappa shape index (κ2) is 9.20. The van der Waals surface area contributed by atoms with Gasteiger partial charge >= 0.3 is 0 Å². The van der Waals surface area contributed by atoms with Gasteiger partial charge in [-0.1, -0.05) is 127 Å². The standard InChI is InChI=1S/C46H36/c1-2-11-31(12-3-1)43-36-14-6-8-16-38(36)44(39-17-9-7-15-37(39)43)32-19-20-41-40(27-32)45-35-13-5-4-10-30(35)18-21-42(45)46(41)33-23-28-22-29(25-33)26-34(46)24-28/h1-21,27-29,33-34H,22-26H2. The largest absolute Gasteiger partial charge is 0.0622 e. The van der Waals surface area contributed by atoms with Crippen LogP contribution in [-0.4, -0.2) is 0 Å². The van der Waals surface area contributed by atoms with Gasteiger partial charge in [-0.2, -0.15) is 0 Å². The smallest absolute Gasteiger partial charge is 0.0272 e. The van der Waals surface area contributed by atoms with Gasteiger partial charge in [-0.3, -0.25) is 0 Å². The topological polar surface area (TPSA) is 0 Å². The van der Waals surface area contributed by atoms with E-state index in [4.69, 9.17) is 0 Å². The molecule has 0 heteroatoms. The molecule has 0 aliphatic heterocycles. The van der Waals surface area contributed by atoms with Gasteiger partial charge in [0, 0.05) is 5.41 Å². The van der Waals surface area contributed by atoms with Crippen LogP contribution in [0.3, 0.4) is 0 Å². The van der Waals surface area contributed by atoms with Crippen molar-refractivity contribution in [2.45, 2.75) is 37.5 Å². The van der Waals surface area contributed by atoms with Crippen molar-refractivity contribution in [3.05, 3.63) is 145 Å². The highest BCUT2D eigenvalue weighted by Crippen LogP contribution is 2.70. The first-order valence-corrected chi connectivity index (χ1v) is 17.5. The number of fused-ring (bicyclic) bond motifs is 7. The van der Waals surface area contributed by atoms with Gasteiger partial charge in [0.2, 0.25) is 0 Å². The van der Waals surface area contributed by atoms with Crippen LogP contribution < -0.4 is 0 Å². The molecule has 220 valence electrons. The highest BCUT2D eigenvalue weighted by Gasteiger charge is 2.61. The Hall–Kier alpha value is -4.68. The summed E-state index contributed by atoms with van der Waals surface area (Å²) in [5.41, 5.74) is 11.8. The molecule has 0 heterocycles. The maximum absolute atomic E-state index is 2.61. The maximum Gasteiger partial charge on any atom is 0.0272 e. The minimum absolute atomic E-state index is 0.169. The Labute approximate surface area is 270 Å². The Bertz CT molecular complexity index is 2290. The third-order valence-electron chi connectivity index (χ3n) is 12.8. The SMILES string of the molecule is c1ccc(-c2c3ccccc3c(-c3ccc4c(c3)-c3c(ccc5ccccc35)C43C4CC5CC(C4)CC3C5)c3ccccc23)cc1. The molecule has 0 radical (unpaired) electrons. The van der Waals surface area contributed by atoms with Crippen molar-refractivity contribution in [2.24, 2.45) is 23.7 Å². The van der Waals surface area contributed by atoms with Crippen LogP contribution in [0.15, 0.2) is 133 Å². The van der Waals surface area contributed by atoms with E-state index in [0.29, 0.717) is 0 Å². The lowest BCUT2D eigenvalue weighted by atomic mass is 9.43. The molecule has 0 saturated heterocycles. The van der Waals surface area contributed by atoms with Crippen molar-refractivity contribution in [2.75, 3.05) is 0 Å². The average Bonchev–Trinajstić information content (AvgIpc) is 3.40. The van der Waals surface area contributed by atoms with Gasteiger partial charge in [0.05, 0.1) is 0 Å². The number of benzene rings is 7. The van der Waals surface area contributed by atoms with Crippen LogP contribution in [0.4, 0.5) is 0 Å². The van der Waals surface area contributed by atoms with E-state index in [1.807, 2.05) is 0 Å². The van der Waals surface area contributed by atoms with E-state index in [-0.39, 0.29) is 5.41 Å². The molecule has 0 aromatic heterocycles. The highest BCUT2D eigenvalue weighted by atomic mass is 14.6. The van der Waals surface area contributed by atoms with Crippen molar-refractivity contribution in [3.8, 4) is 33.4 Å². The van der Waals surface area contributed by atoms with Gasteiger partial charge < -0.3 is 0 Å². The maximum atomic E-state index is 2.61. The van der Waals surface area contributed by atoms with Gasteiger partial charge in [-0.05, 0) is 139 Å². The van der Waals surface area contributed by atoms with E-state index in [9.17, 15) is 0 Å². The highest BCUT2D eigenvalue weighted by molar-refractivity contribution is 6.21. The second-order valence-electron chi connectivity index (χ2n) is 14.9. The first-order valence-electron chi connectivity index (χ1n) is 17.5. The summed E-state index contributed by atoms with van der Waals surface area (Å²) >= 11 is 0. The van der Waals surface area contributed by atoms with Gasteiger partial charge in [0.15, 0.2) is 0 Å². The Morgan fingerprint density at radius 2 is 0.913 bits per heavy atom. The lowest BCUT2D eigenvalue weighted by Crippen LogP contribution is -2.55. The molecule has 4 saturated carbocycles. The van der Waals surface area contributed by atoms with Crippen LogP contribution in [-0.2, 0) is 5.41 Å². The number of hydrogen-bond acceptors (Lipinski definition) is 0. The zero-order chi connectivity index (χ0) is 30.0. The Balaban J connectivity index is 1.23. The summed E-state index contributed by atoms with van der Waals surface area (Å²) in [6.45, 7) is 0. The van der Waals surface area contributed by atoms with E-state index in [0.717, 1.165) is 23.7 Å². The van der Waals surface area contributed by atoms with Gasteiger partial charge in [0.1, 0.15) is 0 Å². The van der Waals surface area contributed by atoms with Crippen molar-refractivity contribution >= 4 is 32.3 Å². The molecule has 0 unspecified atom stereocenters. The van der Waals surface area contributed by atoms with Crippen molar-refractivity contribution < 1.29 is 0 Å². The fourth-order valence-corrected chi connectivity index (χ4v) is 11.5. The fraction of sp³-hybridized carbons (Fsp3) is 0.217. The van der Waals surface area contributed by atoms with Crippen LogP contribution in [0.25, 0.3) is 65.7 Å².